The summed E-state index contributed by atoms with van der Waals surface area (Å²) in [6.07, 6.45) is 5.81. The third-order valence-electron chi connectivity index (χ3n) is 1.59. The van der Waals surface area contributed by atoms with Crippen LogP contribution >= 0.6 is 0 Å². The quantitative estimate of drug-likeness (QED) is 0.381. The molecule has 0 saturated heterocycles. The van der Waals surface area contributed by atoms with Gasteiger partial charge < -0.3 is 5.32 Å². The third-order valence-corrected chi connectivity index (χ3v) is 3.05. The fourth-order valence-electron chi connectivity index (χ4n) is 0.882. The Kier molecular flexibility index (Phi) is 6.39. The van der Waals surface area contributed by atoms with Gasteiger partial charge in [-0.1, -0.05) is 38.7 Å². The van der Waals surface area contributed by atoms with E-state index in [1.807, 2.05) is 0 Å². The first-order valence-electron chi connectivity index (χ1n) is 4.92. The monoisotopic (exact) mass is 185 g/mol. The highest BCUT2D eigenvalue weighted by Crippen LogP contribution is 2.07. The fourth-order valence-corrected chi connectivity index (χ4v) is 1.76. The van der Waals surface area contributed by atoms with Crippen LogP contribution in [0.1, 0.15) is 13.3 Å². The molecule has 0 aromatic heterocycles. The van der Waals surface area contributed by atoms with Gasteiger partial charge in [0.25, 0.3) is 0 Å². The average Bonchev–Trinajstić information content (AvgIpc) is 1.94. The van der Waals surface area contributed by atoms with Crippen molar-refractivity contribution in [2.75, 3.05) is 13.1 Å². The fraction of sp³-hybridized carbons (Fsp3) is 0.800. The zero-order valence-electron chi connectivity index (χ0n) is 8.98. The minimum atomic E-state index is -0.840. The van der Waals surface area contributed by atoms with Crippen LogP contribution in [0.25, 0.3) is 0 Å². The van der Waals surface area contributed by atoms with E-state index in [0.29, 0.717) is 0 Å². The molecule has 0 saturated carbocycles. The van der Waals surface area contributed by atoms with E-state index in [0.717, 1.165) is 13.1 Å². The Balaban J connectivity index is 3.26. The van der Waals surface area contributed by atoms with Crippen LogP contribution < -0.4 is 5.32 Å². The molecule has 0 aliphatic heterocycles. The smallest absolute Gasteiger partial charge is 0.0480 e. The van der Waals surface area contributed by atoms with Gasteiger partial charge in [0, 0.05) is 14.6 Å². The minimum Gasteiger partial charge on any atom is -0.313 e. The van der Waals surface area contributed by atoms with Gasteiger partial charge in [0.1, 0.15) is 0 Å². The van der Waals surface area contributed by atoms with Gasteiger partial charge in [-0.2, -0.15) is 0 Å². The maximum Gasteiger partial charge on any atom is 0.0480 e. The van der Waals surface area contributed by atoms with Crippen LogP contribution in [0.15, 0.2) is 12.2 Å². The van der Waals surface area contributed by atoms with Crippen LogP contribution in [0.3, 0.4) is 0 Å². The van der Waals surface area contributed by atoms with E-state index >= 15 is 0 Å². The Morgan fingerprint density at radius 2 is 1.83 bits per heavy atom. The molecule has 0 aromatic rings. The van der Waals surface area contributed by atoms with Crippen LogP contribution in [0, 0.1) is 0 Å². The van der Waals surface area contributed by atoms with E-state index in [2.05, 4.69) is 44.0 Å². The maximum absolute atomic E-state index is 3.35. The topological polar surface area (TPSA) is 12.0 Å². The van der Waals surface area contributed by atoms with Gasteiger partial charge in [0.15, 0.2) is 0 Å². The summed E-state index contributed by atoms with van der Waals surface area (Å²) >= 11 is 0. The molecule has 0 fully saturated rings. The normalized spacial score (nSPS) is 12.7. The van der Waals surface area contributed by atoms with Crippen LogP contribution in [0.4, 0.5) is 0 Å². The molecule has 0 amide bonds. The van der Waals surface area contributed by atoms with E-state index in [-0.39, 0.29) is 0 Å². The van der Waals surface area contributed by atoms with Crippen molar-refractivity contribution in [1.29, 1.82) is 0 Å². The summed E-state index contributed by atoms with van der Waals surface area (Å²) in [6, 6.07) is 1.31. The average molecular weight is 185 g/mol. The number of hydrogen-bond acceptors (Lipinski definition) is 1. The lowest BCUT2D eigenvalue weighted by Crippen LogP contribution is -2.18. The van der Waals surface area contributed by atoms with Crippen molar-refractivity contribution in [2.45, 2.75) is 39.0 Å². The van der Waals surface area contributed by atoms with E-state index in [4.69, 9.17) is 0 Å². The van der Waals surface area contributed by atoms with Gasteiger partial charge >= 0.3 is 0 Å². The summed E-state index contributed by atoms with van der Waals surface area (Å²) < 4.78 is 0. The third kappa shape index (κ3) is 9.92. The van der Waals surface area contributed by atoms with Crippen molar-refractivity contribution < 1.29 is 0 Å². The SMILES string of the molecule is CCCNC/C=C/C[Si](C)(C)C. The van der Waals surface area contributed by atoms with E-state index < -0.39 is 8.07 Å². The molecule has 0 spiro atoms. The molecule has 0 radical (unpaired) electrons. The molecule has 0 heterocycles. The molecule has 0 aliphatic carbocycles. The Morgan fingerprint density at radius 1 is 1.17 bits per heavy atom. The van der Waals surface area contributed by atoms with E-state index in [1.165, 1.54) is 12.5 Å². The summed E-state index contributed by atoms with van der Waals surface area (Å²) in [6.45, 7) is 11.6. The predicted molar refractivity (Wildman–Crippen MR) is 60.5 cm³/mol. The molecular weight excluding hydrogens is 162 g/mol. The van der Waals surface area contributed by atoms with Crippen molar-refractivity contribution in [3.8, 4) is 0 Å². The molecule has 0 unspecified atom stereocenters. The highest BCUT2D eigenvalue weighted by molar-refractivity contribution is 6.76. The largest absolute Gasteiger partial charge is 0.313 e. The second-order valence-corrected chi connectivity index (χ2v) is 9.97. The highest BCUT2D eigenvalue weighted by Gasteiger charge is 2.08. The molecule has 1 nitrogen and oxygen atoms in total. The zero-order valence-corrected chi connectivity index (χ0v) is 9.98. The Morgan fingerprint density at radius 3 is 2.33 bits per heavy atom. The first kappa shape index (κ1) is 11.9. The Bertz CT molecular complexity index is 124. The number of nitrogens with one attached hydrogen (secondary N) is 1. The van der Waals surface area contributed by atoms with Gasteiger partial charge in [0.05, 0.1) is 0 Å². The molecule has 1 N–H and O–H groups in total. The lowest BCUT2D eigenvalue weighted by atomic mass is 10.4. The predicted octanol–water partition coefficient (Wildman–Crippen LogP) is 2.88. The first-order valence-corrected chi connectivity index (χ1v) is 8.62. The summed E-state index contributed by atoms with van der Waals surface area (Å²) in [5.74, 6) is 0. The second kappa shape index (κ2) is 6.43. The maximum atomic E-state index is 3.35. The second-order valence-electron chi connectivity index (χ2n) is 4.44. The van der Waals surface area contributed by atoms with Gasteiger partial charge in [-0.25, -0.2) is 0 Å². The molecule has 2 heteroatoms. The highest BCUT2D eigenvalue weighted by atomic mass is 28.3. The number of hydrogen-bond donors (Lipinski definition) is 1. The Labute approximate surface area is 78.3 Å². The molecule has 0 aromatic carbocycles. The van der Waals surface area contributed by atoms with Crippen LogP contribution in [0.5, 0.6) is 0 Å². The summed E-state index contributed by atoms with van der Waals surface area (Å²) in [4.78, 5) is 0. The summed E-state index contributed by atoms with van der Waals surface area (Å²) in [7, 11) is -0.840. The molecule has 0 atom stereocenters. The van der Waals surface area contributed by atoms with Crippen molar-refractivity contribution in [2.24, 2.45) is 0 Å². The van der Waals surface area contributed by atoms with Crippen molar-refractivity contribution in [1.82, 2.24) is 5.32 Å². The van der Waals surface area contributed by atoms with Crippen molar-refractivity contribution >= 4 is 8.07 Å². The summed E-state index contributed by atoms with van der Waals surface area (Å²) in [5, 5.41) is 3.35. The van der Waals surface area contributed by atoms with Gasteiger partial charge in [-0.15, -0.1) is 0 Å². The molecule has 72 valence electrons. The van der Waals surface area contributed by atoms with Gasteiger partial charge in [-0.3, -0.25) is 0 Å². The lowest BCUT2D eigenvalue weighted by molar-refractivity contribution is 0.729. The van der Waals surface area contributed by atoms with Crippen LogP contribution in [-0.2, 0) is 0 Å². The number of rotatable bonds is 6. The molecule has 0 rings (SSSR count). The molecule has 0 bridgehead atoms. The minimum absolute atomic E-state index is 0.840. The summed E-state index contributed by atoms with van der Waals surface area (Å²) in [5.41, 5.74) is 0. The molecule has 0 aliphatic rings. The van der Waals surface area contributed by atoms with Crippen molar-refractivity contribution in [3.05, 3.63) is 12.2 Å². The molecular formula is C10H23NSi. The number of allylic oxidation sites excluding steroid dienone is 1. The Hall–Kier alpha value is -0.0831. The first-order chi connectivity index (χ1) is 5.56. The van der Waals surface area contributed by atoms with Gasteiger partial charge in [-0.05, 0) is 19.0 Å². The molecule has 12 heavy (non-hydrogen) atoms. The van der Waals surface area contributed by atoms with E-state index in [9.17, 15) is 0 Å². The van der Waals surface area contributed by atoms with E-state index in [1.54, 1.807) is 0 Å². The van der Waals surface area contributed by atoms with Crippen molar-refractivity contribution in [3.63, 3.8) is 0 Å². The van der Waals surface area contributed by atoms with Crippen LogP contribution in [0.2, 0.25) is 25.7 Å². The van der Waals surface area contributed by atoms with Crippen LogP contribution in [-0.4, -0.2) is 21.2 Å². The standard InChI is InChI=1S/C10H23NSi/c1-5-8-11-9-6-7-10-12(2,3)4/h6-7,11H,5,8-10H2,1-4H3/b7-6+. The van der Waals surface area contributed by atoms with Gasteiger partial charge in [0.2, 0.25) is 0 Å². The zero-order chi connectivity index (χ0) is 9.45. The lowest BCUT2D eigenvalue weighted by Gasteiger charge is -2.11.